The summed E-state index contributed by atoms with van der Waals surface area (Å²) in [7, 11) is 1.95. The quantitative estimate of drug-likeness (QED) is 0.923. The molecule has 0 bridgehead atoms. The van der Waals surface area contributed by atoms with Gasteiger partial charge in [-0.25, -0.2) is 4.68 Å². The summed E-state index contributed by atoms with van der Waals surface area (Å²) in [4.78, 5) is 0. The standard InChI is InChI=1S/C16H22ClN3/c1-6-14-11(3)19-20(12(14)4)16-8-7-13(9-15(16)17)10(2)18-5/h7-10,18H,6H2,1-5H3. The van der Waals surface area contributed by atoms with E-state index in [9.17, 15) is 0 Å². The van der Waals surface area contributed by atoms with Crippen LogP contribution in [-0.2, 0) is 6.42 Å². The number of hydrogen-bond donors (Lipinski definition) is 1. The molecule has 1 unspecified atom stereocenters. The summed E-state index contributed by atoms with van der Waals surface area (Å²) < 4.78 is 1.95. The first-order chi connectivity index (χ1) is 9.49. The van der Waals surface area contributed by atoms with Crippen LogP contribution in [0.3, 0.4) is 0 Å². The van der Waals surface area contributed by atoms with Gasteiger partial charge in [0.05, 0.1) is 16.4 Å². The van der Waals surface area contributed by atoms with Gasteiger partial charge in [-0.15, -0.1) is 0 Å². The third-order valence-electron chi connectivity index (χ3n) is 3.93. The van der Waals surface area contributed by atoms with E-state index >= 15 is 0 Å². The lowest BCUT2D eigenvalue weighted by atomic mass is 10.1. The van der Waals surface area contributed by atoms with Gasteiger partial charge in [-0.2, -0.15) is 5.10 Å². The van der Waals surface area contributed by atoms with Gasteiger partial charge in [-0.3, -0.25) is 0 Å². The molecule has 1 heterocycles. The lowest BCUT2D eigenvalue weighted by molar-refractivity contribution is 0.652. The van der Waals surface area contributed by atoms with E-state index in [0.717, 1.165) is 22.8 Å². The van der Waals surface area contributed by atoms with Gasteiger partial charge in [0.15, 0.2) is 0 Å². The summed E-state index contributed by atoms with van der Waals surface area (Å²) in [6, 6.07) is 6.45. The molecule has 3 nitrogen and oxygen atoms in total. The Morgan fingerprint density at radius 2 is 2.05 bits per heavy atom. The van der Waals surface area contributed by atoms with Crippen molar-refractivity contribution in [1.29, 1.82) is 0 Å². The Kier molecular flexibility index (Phi) is 4.51. The second kappa shape index (κ2) is 5.98. The average molecular weight is 292 g/mol. The maximum absolute atomic E-state index is 6.45. The van der Waals surface area contributed by atoms with Crippen LogP contribution in [0.5, 0.6) is 0 Å². The topological polar surface area (TPSA) is 29.9 Å². The minimum Gasteiger partial charge on any atom is -0.313 e. The van der Waals surface area contributed by atoms with Crippen LogP contribution in [0.25, 0.3) is 5.69 Å². The molecular formula is C16H22ClN3. The van der Waals surface area contributed by atoms with Gasteiger partial charge in [0.1, 0.15) is 0 Å². The van der Waals surface area contributed by atoms with E-state index in [-0.39, 0.29) is 6.04 Å². The zero-order valence-electron chi connectivity index (χ0n) is 12.8. The first-order valence-corrected chi connectivity index (χ1v) is 7.39. The van der Waals surface area contributed by atoms with Crippen molar-refractivity contribution in [1.82, 2.24) is 15.1 Å². The van der Waals surface area contributed by atoms with Crippen molar-refractivity contribution in [3.05, 3.63) is 45.7 Å². The third kappa shape index (κ3) is 2.60. The smallest absolute Gasteiger partial charge is 0.0835 e. The predicted octanol–water partition coefficient (Wildman–Crippen LogP) is 3.99. The Hall–Kier alpha value is -1.32. The van der Waals surface area contributed by atoms with Crippen LogP contribution in [0.1, 0.15) is 42.4 Å². The first-order valence-electron chi connectivity index (χ1n) is 7.01. The Morgan fingerprint density at radius 1 is 1.35 bits per heavy atom. The lowest BCUT2D eigenvalue weighted by Gasteiger charge is -2.13. The van der Waals surface area contributed by atoms with Crippen LogP contribution >= 0.6 is 11.6 Å². The van der Waals surface area contributed by atoms with Crippen molar-refractivity contribution in [3.63, 3.8) is 0 Å². The van der Waals surface area contributed by atoms with Gasteiger partial charge in [-0.1, -0.05) is 24.6 Å². The average Bonchev–Trinajstić information content (AvgIpc) is 2.72. The molecule has 0 aliphatic carbocycles. The third-order valence-corrected chi connectivity index (χ3v) is 4.23. The number of nitrogens with one attached hydrogen (secondary N) is 1. The number of halogens is 1. The van der Waals surface area contributed by atoms with Gasteiger partial charge in [0.25, 0.3) is 0 Å². The van der Waals surface area contributed by atoms with E-state index in [1.807, 2.05) is 30.8 Å². The molecule has 0 aliphatic heterocycles. The fraction of sp³-hybridized carbons (Fsp3) is 0.438. The number of rotatable bonds is 4. The summed E-state index contributed by atoms with van der Waals surface area (Å²) in [5.74, 6) is 0. The summed E-state index contributed by atoms with van der Waals surface area (Å²) in [6.45, 7) is 8.41. The Balaban J connectivity index is 2.49. The molecule has 0 fully saturated rings. The van der Waals surface area contributed by atoms with E-state index in [2.05, 4.69) is 37.3 Å². The molecule has 1 N–H and O–H groups in total. The zero-order chi connectivity index (χ0) is 14.9. The van der Waals surface area contributed by atoms with Crippen LogP contribution in [0, 0.1) is 13.8 Å². The van der Waals surface area contributed by atoms with Gasteiger partial charge in [0, 0.05) is 11.7 Å². The molecule has 2 aromatic rings. The fourth-order valence-electron chi connectivity index (χ4n) is 2.55. The molecule has 0 saturated heterocycles. The van der Waals surface area contributed by atoms with Crippen molar-refractivity contribution in [2.45, 2.75) is 40.2 Å². The molecule has 4 heteroatoms. The largest absolute Gasteiger partial charge is 0.313 e. The number of hydrogen-bond acceptors (Lipinski definition) is 2. The Morgan fingerprint density at radius 3 is 2.55 bits per heavy atom. The van der Waals surface area contributed by atoms with E-state index in [1.165, 1.54) is 16.8 Å². The molecule has 0 aliphatic rings. The molecule has 0 amide bonds. The molecule has 0 radical (unpaired) electrons. The van der Waals surface area contributed by atoms with Crippen LogP contribution < -0.4 is 5.32 Å². The molecule has 1 atom stereocenters. The summed E-state index contributed by atoms with van der Waals surface area (Å²) >= 11 is 6.45. The highest BCUT2D eigenvalue weighted by molar-refractivity contribution is 6.32. The maximum atomic E-state index is 6.45. The van der Waals surface area contributed by atoms with E-state index in [1.54, 1.807) is 0 Å². The normalized spacial score (nSPS) is 12.7. The number of aromatic nitrogens is 2. The van der Waals surface area contributed by atoms with Gasteiger partial charge >= 0.3 is 0 Å². The fourth-order valence-corrected chi connectivity index (χ4v) is 2.82. The van der Waals surface area contributed by atoms with Gasteiger partial charge in [0.2, 0.25) is 0 Å². The van der Waals surface area contributed by atoms with Crippen molar-refractivity contribution in [3.8, 4) is 5.69 Å². The Labute approximate surface area is 126 Å². The van der Waals surface area contributed by atoms with E-state index < -0.39 is 0 Å². The van der Waals surface area contributed by atoms with Gasteiger partial charge in [-0.05, 0) is 57.5 Å². The van der Waals surface area contributed by atoms with Crippen molar-refractivity contribution in [2.24, 2.45) is 0 Å². The van der Waals surface area contributed by atoms with E-state index in [4.69, 9.17) is 11.6 Å². The highest BCUT2D eigenvalue weighted by Crippen LogP contribution is 2.27. The molecular weight excluding hydrogens is 270 g/mol. The molecule has 0 spiro atoms. The van der Waals surface area contributed by atoms with Crippen LogP contribution in [0.15, 0.2) is 18.2 Å². The zero-order valence-corrected chi connectivity index (χ0v) is 13.5. The van der Waals surface area contributed by atoms with Crippen LogP contribution in [0.2, 0.25) is 5.02 Å². The summed E-state index contributed by atoms with van der Waals surface area (Å²) in [6.07, 6.45) is 0.990. The maximum Gasteiger partial charge on any atom is 0.0835 e. The Bertz CT molecular complexity index is 616. The SMILES string of the molecule is CCc1c(C)nn(-c2ccc(C(C)NC)cc2Cl)c1C. The number of benzene rings is 1. The number of nitrogens with zero attached hydrogens (tertiary/aromatic N) is 2. The summed E-state index contributed by atoms with van der Waals surface area (Å²) in [5.41, 5.74) is 5.67. The minimum atomic E-state index is 0.285. The van der Waals surface area contributed by atoms with Crippen LogP contribution in [0.4, 0.5) is 0 Å². The van der Waals surface area contributed by atoms with Crippen molar-refractivity contribution >= 4 is 11.6 Å². The highest BCUT2D eigenvalue weighted by Gasteiger charge is 2.14. The molecule has 1 aromatic carbocycles. The predicted molar refractivity (Wildman–Crippen MR) is 84.9 cm³/mol. The second-order valence-corrected chi connectivity index (χ2v) is 5.54. The van der Waals surface area contributed by atoms with Gasteiger partial charge < -0.3 is 5.32 Å². The highest BCUT2D eigenvalue weighted by atomic mass is 35.5. The molecule has 20 heavy (non-hydrogen) atoms. The lowest BCUT2D eigenvalue weighted by Crippen LogP contribution is -2.12. The minimum absolute atomic E-state index is 0.285. The van der Waals surface area contributed by atoms with Crippen LogP contribution in [-0.4, -0.2) is 16.8 Å². The molecule has 0 saturated carbocycles. The molecule has 2 rings (SSSR count). The monoisotopic (exact) mass is 291 g/mol. The van der Waals surface area contributed by atoms with E-state index in [0.29, 0.717) is 0 Å². The molecule has 1 aromatic heterocycles. The molecule has 108 valence electrons. The van der Waals surface area contributed by atoms with Crippen molar-refractivity contribution in [2.75, 3.05) is 7.05 Å². The number of aryl methyl sites for hydroxylation is 1. The second-order valence-electron chi connectivity index (χ2n) is 5.14. The first kappa shape index (κ1) is 15.1. The van der Waals surface area contributed by atoms with Crippen molar-refractivity contribution < 1.29 is 0 Å². The summed E-state index contributed by atoms with van der Waals surface area (Å²) in [5, 5.41) is 8.58.